The van der Waals surface area contributed by atoms with Gasteiger partial charge in [0.15, 0.2) is 0 Å². The highest BCUT2D eigenvalue weighted by molar-refractivity contribution is 5.84. The molecule has 0 aliphatic heterocycles. The number of amides is 1. The highest BCUT2D eigenvalue weighted by Gasteiger charge is 2.21. The van der Waals surface area contributed by atoms with Crippen molar-refractivity contribution in [3.63, 3.8) is 0 Å². The van der Waals surface area contributed by atoms with Crippen LogP contribution in [0.5, 0.6) is 0 Å². The largest absolute Gasteiger partial charge is 0.480 e. The molecule has 0 aliphatic carbocycles. The Balaban J connectivity index is 4.23. The van der Waals surface area contributed by atoms with E-state index in [1.54, 1.807) is 0 Å². The van der Waals surface area contributed by atoms with Gasteiger partial charge in [-0.3, -0.25) is 9.59 Å². The van der Waals surface area contributed by atoms with Crippen molar-refractivity contribution in [1.82, 2.24) is 5.32 Å². The number of hydrogen-bond acceptors (Lipinski definition) is 5. The van der Waals surface area contributed by atoms with Gasteiger partial charge in [-0.1, -0.05) is 6.92 Å². The third-order valence-electron chi connectivity index (χ3n) is 2.47. The number of methoxy groups -OCH3 is 1. The van der Waals surface area contributed by atoms with Crippen LogP contribution in [0.25, 0.3) is 0 Å². The zero-order valence-electron chi connectivity index (χ0n) is 10.6. The van der Waals surface area contributed by atoms with Crippen molar-refractivity contribution in [2.75, 3.05) is 7.11 Å². The smallest absolute Gasteiger partial charge is 0.326 e. The van der Waals surface area contributed by atoms with Crippen molar-refractivity contribution >= 4 is 17.8 Å². The van der Waals surface area contributed by atoms with E-state index in [1.165, 1.54) is 7.11 Å². The molecule has 4 N–H and O–H groups in total. The zero-order valence-corrected chi connectivity index (χ0v) is 10.6. The molecule has 104 valence electrons. The van der Waals surface area contributed by atoms with Gasteiger partial charge in [0.25, 0.3) is 0 Å². The second-order valence-electron chi connectivity index (χ2n) is 3.95. The van der Waals surface area contributed by atoms with Crippen LogP contribution in [0.1, 0.15) is 32.6 Å². The minimum Gasteiger partial charge on any atom is -0.480 e. The molecule has 2 atom stereocenters. The van der Waals surface area contributed by atoms with Gasteiger partial charge in [-0.25, -0.2) is 4.79 Å². The summed E-state index contributed by atoms with van der Waals surface area (Å²) in [5.74, 6) is -2.13. The van der Waals surface area contributed by atoms with E-state index < -0.39 is 23.9 Å². The molecule has 7 heteroatoms. The summed E-state index contributed by atoms with van der Waals surface area (Å²) in [5.41, 5.74) is 5.59. The third kappa shape index (κ3) is 6.85. The highest BCUT2D eigenvalue weighted by Crippen LogP contribution is 2.01. The van der Waals surface area contributed by atoms with Crippen molar-refractivity contribution in [2.24, 2.45) is 5.73 Å². The number of carboxylic acids is 1. The van der Waals surface area contributed by atoms with Crippen LogP contribution in [-0.4, -0.2) is 42.1 Å². The number of nitrogens with two attached hydrogens (primary N) is 1. The quantitative estimate of drug-likeness (QED) is 0.513. The normalized spacial score (nSPS) is 13.5. The summed E-state index contributed by atoms with van der Waals surface area (Å²) in [5, 5.41) is 11.2. The molecule has 0 rings (SSSR count). The van der Waals surface area contributed by atoms with Gasteiger partial charge >= 0.3 is 11.9 Å². The Hall–Kier alpha value is -1.63. The van der Waals surface area contributed by atoms with Gasteiger partial charge in [0, 0.05) is 18.9 Å². The lowest BCUT2D eigenvalue weighted by Gasteiger charge is -2.15. The predicted molar refractivity (Wildman–Crippen MR) is 63.7 cm³/mol. The lowest BCUT2D eigenvalue weighted by Crippen LogP contribution is -2.43. The summed E-state index contributed by atoms with van der Waals surface area (Å²) in [4.78, 5) is 33.3. The zero-order chi connectivity index (χ0) is 14.1. The van der Waals surface area contributed by atoms with Crippen molar-refractivity contribution in [1.29, 1.82) is 0 Å². The number of carbonyl (C=O) groups is 3. The molecule has 0 saturated carbocycles. The van der Waals surface area contributed by atoms with Gasteiger partial charge in [-0.2, -0.15) is 0 Å². The van der Waals surface area contributed by atoms with Gasteiger partial charge in [-0.15, -0.1) is 0 Å². The Bertz CT molecular complexity index is 306. The molecule has 1 unspecified atom stereocenters. The summed E-state index contributed by atoms with van der Waals surface area (Å²) in [6.07, 6.45) is 0.633. The molecule has 0 aromatic heterocycles. The van der Waals surface area contributed by atoms with E-state index in [9.17, 15) is 14.4 Å². The fourth-order valence-electron chi connectivity index (χ4n) is 1.26. The monoisotopic (exact) mass is 260 g/mol. The van der Waals surface area contributed by atoms with Crippen LogP contribution in [0, 0.1) is 0 Å². The van der Waals surface area contributed by atoms with E-state index in [0.29, 0.717) is 6.42 Å². The first-order valence-electron chi connectivity index (χ1n) is 5.75. The van der Waals surface area contributed by atoms with Crippen molar-refractivity contribution in [2.45, 2.75) is 44.7 Å². The number of carbonyl (C=O) groups excluding carboxylic acids is 2. The average molecular weight is 260 g/mol. The molecule has 0 bridgehead atoms. The molecule has 0 spiro atoms. The maximum Gasteiger partial charge on any atom is 0.326 e. The lowest BCUT2D eigenvalue weighted by molar-refractivity contribution is -0.144. The van der Waals surface area contributed by atoms with Crippen LogP contribution in [0.4, 0.5) is 0 Å². The second kappa shape index (κ2) is 8.46. The van der Waals surface area contributed by atoms with Crippen LogP contribution < -0.4 is 11.1 Å². The highest BCUT2D eigenvalue weighted by atomic mass is 16.5. The topological polar surface area (TPSA) is 119 Å². The van der Waals surface area contributed by atoms with Crippen molar-refractivity contribution in [3.8, 4) is 0 Å². The standard InChI is InChI=1S/C11H20N2O5/c1-3-7(12)6-9(14)13-8(11(16)17)4-5-10(15)18-2/h7-8H,3-6,12H2,1-2H3,(H,13,14)(H,16,17)/t7?,8-/m0/s1. The number of nitrogens with one attached hydrogen (secondary N) is 1. The Morgan fingerprint density at radius 1 is 1.39 bits per heavy atom. The van der Waals surface area contributed by atoms with Crippen LogP contribution >= 0.6 is 0 Å². The van der Waals surface area contributed by atoms with Crippen LogP contribution in [0.15, 0.2) is 0 Å². The molecule has 0 saturated heterocycles. The molecular weight excluding hydrogens is 240 g/mol. The first-order chi connectivity index (χ1) is 8.40. The van der Waals surface area contributed by atoms with Gasteiger partial charge in [-0.05, 0) is 12.8 Å². The first kappa shape index (κ1) is 16.4. The van der Waals surface area contributed by atoms with Crippen LogP contribution in [0.2, 0.25) is 0 Å². The van der Waals surface area contributed by atoms with Gasteiger partial charge in [0.1, 0.15) is 6.04 Å². The maximum atomic E-state index is 11.5. The molecule has 0 fully saturated rings. The van der Waals surface area contributed by atoms with Crippen LogP contribution in [-0.2, 0) is 19.1 Å². The van der Waals surface area contributed by atoms with Gasteiger partial charge < -0.3 is 20.9 Å². The molecular formula is C11H20N2O5. The lowest BCUT2D eigenvalue weighted by atomic mass is 10.1. The molecule has 0 aliphatic rings. The number of aliphatic carboxylic acids is 1. The van der Waals surface area contributed by atoms with Crippen molar-refractivity contribution < 1.29 is 24.2 Å². The Morgan fingerprint density at radius 2 is 2.00 bits per heavy atom. The number of rotatable bonds is 8. The predicted octanol–water partition coefficient (Wildman–Crippen LogP) is -0.364. The Kier molecular flexibility index (Phi) is 7.69. The van der Waals surface area contributed by atoms with E-state index in [1.807, 2.05) is 6.92 Å². The molecule has 0 heterocycles. The maximum absolute atomic E-state index is 11.5. The minimum absolute atomic E-state index is 0.00485. The van der Waals surface area contributed by atoms with Crippen LogP contribution in [0.3, 0.4) is 0 Å². The van der Waals surface area contributed by atoms with E-state index in [4.69, 9.17) is 10.8 Å². The van der Waals surface area contributed by atoms with E-state index in [2.05, 4.69) is 10.1 Å². The fourth-order valence-corrected chi connectivity index (χ4v) is 1.26. The number of ether oxygens (including phenoxy) is 1. The van der Waals surface area contributed by atoms with E-state index in [0.717, 1.165) is 0 Å². The van der Waals surface area contributed by atoms with Crippen molar-refractivity contribution in [3.05, 3.63) is 0 Å². The summed E-state index contributed by atoms with van der Waals surface area (Å²) >= 11 is 0. The number of hydrogen-bond donors (Lipinski definition) is 3. The molecule has 18 heavy (non-hydrogen) atoms. The molecule has 0 aromatic rings. The van der Waals surface area contributed by atoms with Gasteiger partial charge in [0.2, 0.25) is 5.91 Å². The first-order valence-corrected chi connectivity index (χ1v) is 5.75. The summed E-state index contributed by atoms with van der Waals surface area (Å²) in [6.45, 7) is 1.84. The summed E-state index contributed by atoms with van der Waals surface area (Å²) in [6, 6.07) is -1.39. The summed E-state index contributed by atoms with van der Waals surface area (Å²) in [7, 11) is 1.22. The molecule has 7 nitrogen and oxygen atoms in total. The molecule has 0 aromatic carbocycles. The minimum atomic E-state index is -1.18. The SMILES string of the molecule is CCC(N)CC(=O)N[C@@H](CCC(=O)OC)C(=O)O. The Morgan fingerprint density at radius 3 is 2.44 bits per heavy atom. The third-order valence-corrected chi connectivity index (χ3v) is 2.47. The van der Waals surface area contributed by atoms with E-state index >= 15 is 0 Å². The van der Waals surface area contributed by atoms with E-state index in [-0.39, 0.29) is 25.3 Å². The second-order valence-corrected chi connectivity index (χ2v) is 3.95. The molecule has 1 amide bonds. The fraction of sp³-hybridized carbons (Fsp3) is 0.727. The summed E-state index contributed by atoms with van der Waals surface area (Å²) < 4.78 is 4.40. The van der Waals surface area contributed by atoms with Gasteiger partial charge in [0.05, 0.1) is 7.11 Å². The average Bonchev–Trinajstić information content (AvgIpc) is 2.33. The Labute approximate surface area is 106 Å². The molecule has 0 radical (unpaired) electrons. The number of carboxylic acid groups (broad SMARTS) is 1. The number of esters is 1.